The molecule has 5 nitrogen and oxygen atoms in total. The van der Waals surface area contributed by atoms with Gasteiger partial charge in [-0.25, -0.2) is 0 Å². The molecule has 1 atom stereocenters. The number of carbonyl (C=O) groups excluding carboxylic acids is 1. The van der Waals surface area contributed by atoms with Gasteiger partial charge in [0, 0.05) is 36.6 Å². The summed E-state index contributed by atoms with van der Waals surface area (Å²) < 4.78 is 1.95. The third-order valence-electron chi connectivity index (χ3n) is 5.51. The van der Waals surface area contributed by atoms with Crippen LogP contribution >= 0.6 is 0 Å². The Labute approximate surface area is 142 Å². The predicted octanol–water partition coefficient (Wildman–Crippen LogP) is 2.10. The van der Waals surface area contributed by atoms with Gasteiger partial charge in [-0.2, -0.15) is 0 Å². The van der Waals surface area contributed by atoms with Crippen molar-refractivity contribution in [2.45, 2.75) is 18.9 Å². The summed E-state index contributed by atoms with van der Waals surface area (Å²) >= 11 is 0. The number of hydrogen-bond acceptors (Lipinski definition) is 3. The topological polar surface area (TPSA) is 63.3 Å². The highest BCUT2D eigenvalue weighted by Crippen LogP contribution is 2.28. The zero-order valence-electron chi connectivity index (χ0n) is 14.0. The van der Waals surface area contributed by atoms with E-state index in [0.717, 1.165) is 23.5 Å². The van der Waals surface area contributed by atoms with Crippen molar-refractivity contribution < 1.29 is 4.79 Å². The van der Waals surface area contributed by atoms with Gasteiger partial charge in [-0.15, -0.1) is 0 Å². The Morgan fingerprint density at radius 1 is 1.21 bits per heavy atom. The van der Waals surface area contributed by atoms with Crippen molar-refractivity contribution in [3.8, 4) is 11.3 Å². The Kier molecular flexibility index (Phi) is 3.81. The van der Waals surface area contributed by atoms with Crippen molar-refractivity contribution in [3.05, 3.63) is 42.1 Å². The number of aromatic nitrogens is 1. The molecule has 24 heavy (non-hydrogen) atoms. The maximum absolute atomic E-state index is 12.7. The van der Waals surface area contributed by atoms with E-state index in [0.29, 0.717) is 11.6 Å². The van der Waals surface area contributed by atoms with E-state index >= 15 is 0 Å². The summed E-state index contributed by atoms with van der Waals surface area (Å²) in [5, 5.41) is 3.26. The van der Waals surface area contributed by atoms with E-state index in [9.17, 15) is 4.79 Å². The van der Waals surface area contributed by atoms with Crippen LogP contribution in [-0.4, -0.2) is 41.1 Å². The summed E-state index contributed by atoms with van der Waals surface area (Å²) in [6, 6.07) is 11.9. The van der Waals surface area contributed by atoms with Gasteiger partial charge in [-0.3, -0.25) is 4.79 Å². The van der Waals surface area contributed by atoms with Crippen molar-refractivity contribution in [2.75, 3.05) is 25.4 Å². The summed E-state index contributed by atoms with van der Waals surface area (Å²) in [4.78, 5) is 15.2. The molecule has 3 N–H and O–H groups in total. The summed E-state index contributed by atoms with van der Waals surface area (Å²) in [6.07, 6.45) is 2.40. The lowest BCUT2D eigenvalue weighted by Gasteiger charge is -2.44. The lowest BCUT2D eigenvalue weighted by Crippen LogP contribution is -2.57. The fourth-order valence-electron chi connectivity index (χ4n) is 4.10. The van der Waals surface area contributed by atoms with Gasteiger partial charge in [0.05, 0.1) is 0 Å². The van der Waals surface area contributed by atoms with E-state index < -0.39 is 0 Å². The Bertz CT molecular complexity index is 758. The standard InChI is InChI=1S/C19H24N4O/c1-22-17(14-3-2-4-15(20)11-14)5-6-18(22)19(24)21-16-12-23-9-7-13(16)8-10-23/h2-6,11,13,16H,7-10,12,20H2,1H3,(H,21,24)/t16-/m0/s1. The summed E-state index contributed by atoms with van der Waals surface area (Å²) in [7, 11) is 1.93. The number of piperidine rings is 3. The van der Waals surface area contributed by atoms with Crippen molar-refractivity contribution >= 4 is 11.6 Å². The second-order valence-corrected chi connectivity index (χ2v) is 7.01. The molecule has 1 amide bonds. The lowest BCUT2D eigenvalue weighted by molar-refractivity contribution is 0.0616. The summed E-state index contributed by atoms with van der Waals surface area (Å²) in [5.74, 6) is 0.652. The molecule has 2 bridgehead atoms. The Hall–Kier alpha value is -2.27. The molecule has 5 heteroatoms. The van der Waals surface area contributed by atoms with Crippen LogP contribution in [0.1, 0.15) is 23.3 Å². The van der Waals surface area contributed by atoms with E-state index in [1.807, 2.05) is 48.0 Å². The fourth-order valence-corrected chi connectivity index (χ4v) is 4.10. The van der Waals surface area contributed by atoms with Gasteiger partial charge in [0.1, 0.15) is 5.69 Å². The largest absolute Gasteiger partial charge is 0.399 e. The molecule has 1 aromatic carbocycles. The first-order valence-corrected chi connectivity index (χ1v) is 8.66. The van der Waals surface area contributed by atoms with Crippen LogP contribution < -0.4 is 11.1 Å². The van der Waals surface area contributed by atoms with Crippen LogP contribution in [0.25, 0.3) is 11.3 Å². The Morgan fingerprint density at radius 2 is 2.00 bits per heavy atom. The monoisotopic (exact) mass is 324 g/mol. The first kappa shape index (κ1) is 15.3. The smallest absolute Gasteiger partial charge is 0.268 e. The average molecular weight is 324 g/mol. The number of hydrogen-bond donors (Lipinski definition) is 2. The van der Waals surface area contributed by atoms with Gasteiger partial charge in [0.25, 0.3) is 5.91 Å². The first-order valence-electron chi connectivity index (χ1n) is 8.66. The molecule has 0 spiro atoms. The molecule has 0 unspecified atom stereocenters. The maximum atomic E-state index is 12.7. The quantitative estimate of drug-likeness (QED) is 0.850. The van der Waals surface area contributed by atoms with Crippen LogP contribution in [0.15, 0.2) is 36.4 Å². The molecule has 0 radical (unpaired) electrons. The zero-order chi connectivity index (χ0) is 16.7. The number of benzene rings is 1. The number of anilines is 1. The number of amides is 1. The van der Waals surface area contributed by atoms with Crippen LogP contribution in [0.5, 0.6) is 0 Å². The molecule has 3 aliphatic heterocycles. The summed E-state index contributed by atoms with van der Waals surface area (Å²) in [6.45, 7) is 3.35. The van der Waals surface area contributed by atoms with Gasteiger partial charge < -0.3 is 20.5 Å². The minimum atomic E-state index is 0.0198. The number of rotatable bonds is 3. The minimum absolute atomic E-state index is 0.0198. The van der Waals surface area contributed by atoms with Crippen LogP contribution in [0.3, 0.4) is 0 Å². The van der Waals surface area contributed by atoms with Gasteiger partial charge in [0.15, 0.2) is 0 Å². The third kappa shape index (κ3) is 2.69. The number of fused-ring (bicyclic) bond motifs is 3. The number of nitrogen functional groups attached to an aromatic ring is 1. The highest BCUT2D eigenvalue weighted by atomic mass is 16.2. The van der Waals surface area contributed by atoms with E-state index in [1.54, 1.807) is 0 Å². The normalized spacial score (nSPS) is 25.6. The predicted molar refractivity (Wildman–Crippen MR) is 95.7 cm³/mol. The second kappa shape index (κ2) is 5.98. The maximum Gasteiger partial charge on any atom is 0.268 e. The summed E-state index contributed by atoms with van der Waals surface area (Å²) in [5.41, 5.74) is 9.33. The number of nitrogens with one attached hydrogen (secondary N) is 1. The molecule has 3 fully saturated rings. The highest BCUT2D eigenvalue weighted by molar-refractivity contribution is 5.94. The molecule has 1 aromatic heterocycles. The van der Waals surface area contributed by atoms with E-state index in [4.69, 9.17) is 5.73 Å². The molecule has 5 rings (SSSR count). The Morgan fingerprint density at radius 3 is 2.67 bits per heavy atom. The second-order valence-electron chi connectivity index (χ2n) is 7.01. The Balaban J connectivity index is 1.53. The van der Waals surface area contributed by atoms with Crippen LogP contribution in [0.2, 0.25) is 0 Å². The molecule has 0 aliphatic carbocycles. The number of nitrogens with two attached hydrogens (primary N) is 1. The van der Waals surface area contributed by atoms with Crippen molar-refractivity contribution in [2.24, 2.45) is 13.0 Å². The molecular formula is C19H24N4O. The molecule has 0 saturated carbocycles. The van der Waals surface area contributed by atoms with E-state index in [1.165, 1.54) is 25.9 Å². The van der Waals surface area contributed by atoms with Gasteiger partial charge in [-0.1, -0.05) is 12.1 Å². The van der Waals surface area contributed by atoms with E-state index in [-0.39, 0.29) is 11.9 Å². The molecule has 2 aromatic rings. The highest BCUT2D eigenvalue weighted by Gasteiger charge is 2.35. The third-order valence-corrected chi connectivity index (χ3v) is 5.51. The van der Waals surface area contributed by atoms with Crippen LogP contribution in [-0.2, 0) is 7.05 Å². The average Bonchev–Trinajstić information content (AvgIpc) is 2.97. The molecule has 3 aliphatic rings. The lowest BCUT2D eigenvalue weighted by atomic mass is 9.84. The van der Waals surface area contributed by atoms with E-state index in [2.05, 4.69) is 10.2 Å². The van der Waals surface area contributed by atoms with Gasteiger partial charge >= 0.3 is 0 Å². The SMILES string of the molecule is Cn1c(C(=O)N[C@H]2CN3CCC2CC3)ccc1-c1cccc(N)c1. The van der Waals surface area contributed by atoms with Gasteiger partial charge in [-0.05, 0) is 56.1 Å². The van der Waals surface area contributed by atoms with Crippen molar-refractivity contribution in [1.82, 2.24) is 14.8 Å². The van der Waals surface area contributed by atoms with Crippen LogP contribution in [0, 0.1) is 5.92 Å². The molecule has 126 valence electrons. The zero-order valence-corrected chi connectivity index (χ0v) is 14.0. The van der Waals surface area contributed by atoms with Gasteiger partial charge in [0.2, 0.25) is 0 Å². The molecular weight excluding hydrogens is 300 g/mol. The molecule has 4 heterocycles. The van der Waals surface area contributed by atoms with Crippen molar-refractivity contribution in [1.29, 1.82) is 0 Å². The fraction of sp³-hybridized carbons (Fsp3) is 0.421. The van der Waals surface area contributed by atoms with Crippen molar-refractivity contribution in [3.63, 3.8) is 0 Å². The number of carbonyl (C=O) groups is 1. The minimum Gasteiger partial charge on any atom is -0.399 e. The molecule has 3 saturated heterocycles. The number of nitrogens with zero attached hydrogens (tertiary/aromatic N) is 2. The first-order chi connectivity index (χ1) is 11.6. The van der Waals surface area contributed by atoms with Crippen LogP contribution in [0.4, 0.5) is 5.69 Å².